The van der Waals surface area contributed by atoms with Crippen molar-refractivity contribution >= 4 is 11.7 Å². The van der Waals surface area contributed by atoms with E-state index in [0.29, 0.717) is 0 Å². The van der Waals surface area contributed by atoms with Crippen LogP contribution in [-0.4, -0.2) is 27.1 Å². The number of ether oxygens (including phenoxy) is 1. The Labute approximate surface area is 173 Å². The second kappa shape index (κ2) is 8.68. The van der Waals surface area contributed by atoms with Crippen LogP contribution in [0.15, 0.2) is 48.8 Å². The van der Waals surface area contributed by atoms with Crippen LogP contribution in [0.3, 0.4) is 0 Å². The number of carbonyl (C=O) groups excluding carboxylic acids is 1. The van der Waals surface area contributed by atoms with E-state index in [1.54, 1.807) is 0 Å². The van der Waals surface area contributed by atoms with E-state index in [1.807, 2.05) is 33.0 Å². The molecule has 0 bridgehead atoms. The molecule has 1 atom stereocenters. The summed E-state index contributed by atoms with van der Waals surface area (Å²) < 4.78 is 7.46. The lowest BCUT2D eigenvalue weighted by molar-refractivity contribution is 0.0501. The van der Waals surface area contributed by atoms with E-state index >= 15 is 0 Å². The molecule has 2 heterocycles. The molecule has 1 amide bonds. The molecular formula is C24H31N3O2. The van der Waals surface area contributed by atoms with Crippen LogP contribution in [0.2, 0.25) is 0 Å². The first-order chi connectivity index (χ1) is 13.7. The Kier molecular flexibility index (Phi) is 6.26. The van der Waals surface area contributed by atoms with Crippen molar-refractivity contribution in [2.24, 2.45) is 0 Å². The standard InChI is InChI=1S/C24H31N3O2/c1-6-8-20(25-23(28)29-24(3,4)5)15-18-10-12-19(13-11-18)21-16-27-14-7-9-17(2)22(27)26-21/h7,9-14,16,20H,6,8,15H2,1-5H3,(H,25,28)/t20-/m1/s1. The lowest BCUT2D eigenvalue weighted by Crippen LogP contribution is -2.40. The van der Waals surface area contributed by atoms with Crippen LogP contribution in [0.4, 0.5) is 4.79 Å². The highest BCUT2D eigenvalue weighted by Crippen LogP contribution is 2.22. The second-order valence-electron chi connectivity index (χ2n) is 8.58. The number of aryl methyl sites for hydroxylation is 1. The Bertz CT molecular complexity index is 968. The van der Waals surface area contributed by atoms with Gasteiger partial charge in [-0.15, -0.1) is 0 Å². The number of amides is 1. The first kappa shape index (κ1) is 20.9. The topological polar surface area (TPSA) is 55.6 Å². The van der Waals surface area contributed by atoms with Gasteiger partial charge >= 0.3 is 6.09 Å². The maximum Gasteiger partial charge on any atom is 0.407 e. The number of nitrogens with zero attached hydrogens (tertiary/aromatic N) is 2. The minimum Gasteiger partial charge on any atom is -0.444 e. The number of alkyl carbamates (subject to hydrolysis) is 1. The molecule has 29 heavy (non-hydrogen) atoms. The maximum absolute atomic E-state index is 12.1. The van der Waals surface area contributed by atoms with Gasteiger partial charge in [0.1, 0.15) is 11.2 Å². The predicted octanol–water partition coefficient (Wildman–Crippen LogP) is 5.55. The summed E-state index contributed by atoms with van der Waals surface area (Å²) >= 11 is 0. The number of rotatable bonds is 6. The van der Waals surface area contributed by atoms with Crippen LogP contribution in [0, 0.1) is 6.92 Å². The van der Waals surface area contributed by atoms with Crippen molar-refractivity contribution in [1.82, 2.24) is 14.7 Å². The number of benzene rings is 1. The van der Waals surface area contributed by atoms with Gasteiger partial charge in [-0.3, -0.25) is 0 Å². The number of imidazole rings is 1. The van der Waals surface area contributed by atoms with Crippen molar-refractivity contribution in [3.63, 3.8) is 0 Å². The fraction of sp³-hybridized carbons (Fsp3) is 0.417. The third-order valence-electron chi connectivity index (χ3n) is 4.77. The van der Waals surface area contributed by atoms with E-state index in [4.69, 9.17) is 9.72 Å². The first-order valence-corrected chi connectivity index (χ1v) is 10.3. The van der Waals surface area contributed by atoms with E-state index in [2.05, 4.69) is 60.1 Å². The molecule has 1 aromatic carbocycles. The van der Waals surface area contributed by atoms with E-state index < -0.39 is 5.60 Å². The van der Waals surface area contributed by atoms with Gasteiger partial charge in [0.05, 0.1) is 5.69 Å². The van der Waals surface area contributed by atoms with Crippen LogP contribution < -0.4 is 5.32 Å². The molecule has 0 spiro atoms. The summed E-state index contributed by atoms with van der Waals surface area (Å²) in [6.45, 7) is 9.82. The number of pyridine rings is 1. The van der Waals surface area contributed by atoms with Crippen molar-refractivity contribution in [1.29, 1.82) is 0 Å². The largest absolute Gasteiger partial charge is 0.444 e. The smallest absolute Gasteiger partial charge is 0.407 e. The quantitative estimate of drug-likeness (QED) is 0.598. The van der Waals surface area contributed by atoms with E-state index in [0.717, 1.165) is 41.7 Å². The lowest BCUT2D eigenvalue weighted by Gasteiger charge is -2.23. The van der Waals surface area contributed by atoms with Gasteiger partial charge in [0.15, 0.2) is 0 Å². The monoisotopic (exact) mass is 393 g/mol. The van der Waals surface area contributed by atoms with Gasteiger partial charge in [0.2, 0.25) is 0 Å². The van der Waals surface area contributed by atoms with Gasteiger partial charge in [0, 0.05) is 24.0 Å². The van der Waals surface area contributed by atoms with Crippen LogP contribution >= 0.6 is 0 Å². The zero-order valence-corrected chi connectivity index (χ0v) is 18.0. The second-order valence-corrected chi connectivity index (χ2v) is 8.58. The molecule has 0 aliphatic heterocycles. The van der Waals surface area contributed by atoms with Crippen molar-refractivity contribution < 1.29 is 9.53 Å². The minimum atomic E-state index is -0.491. The van der Waals surface area contributed by atoms with Crippen LogP contribution in [0.25, 0.3) is 16.9 Å². The van der Waals surface area contributed by atoms with E-state index in [9.17, 15) is 4.79 Å². The Morgan fingerprint density at radius 3 is 2.55 bits per heavy atom. The molecule has 5 heteroatoms. The van der Waals surface area contributed by atoms with Crippen molar-refractivity contribution in [3.8, 4) is 11.3 Å². The van der Waals surface area contributed by atoms with Gasteiger partial charge in [-0.2, -0.15) is 0 Å². The Morgan fingerprint density at radius 2 is 1.93 bits per heavy atom. The number of carbonyl (C=O) groups is 1. The molecular weight excluding hydrogens is 362 g/mol. The average Bonchev–Trinajstić information content (AvgIpc) is 3.06. The van der Waals surface area contributed by atoms with E-state index in [1.165, 1.54) is 5.56 Å². The Balaban J connectivity index is 1.70. The summed E-state index contributed by atoms with van der Waals surface area (Å²) in [6, 6.07) is 12.6. The summed E-state index contributed by atoms with van der Waals surface area (Å²) in [6.07, 6.45) is 6.41. The van der Waals surface area contributed by atoms with Gasteiger partial charge in [0.25, 0.3) is 0 Å². The highest BCUT2D eigenvalue weighted by atomic mass is 16.6. The van der Waals surface area contributed by atoms with Crippen LogP contribution in [0.1, 0.15) is 51.7 Å². The summed E-state index contributed by atoms with van der Waals surface area (Å²) in [4.78, 5) is 16.9. The van der Waals surface area contributed by atoms with Crippen molar-refractivity contribution in [3.05, 3.63) is 59.9 Å². The maximum atomic E-state index is 12.1. The average molecular weight is 394 g/mol. The van der Waals surface area contributed by atoms with Gasteiger partial charge in [-0.1, -0.05) is 43.7 Å². The molecule has 3 aromatic rings. The molecule has 0 unspecified atom stereocenters. The van der Waals surface area contributed by atoms with Gasteiger partial charge < -0.3 is 14.5 Å². The predicted molar refractivity (Wildman–Crippen MR) is 117 cm³/mol. The van der Waals surface area contributed by atoms with E-state index in [-0.39, 0.29) is 12.1 Å². The highest BCUT2D eigenvalue weighted by Gasteiger charge is 2.19. The zero-order valence-electron chi connectivity index (χ0n) is 18.0. The molecule has 0 fully saturated rings. The van der Waals surface area contributed by atoms with Crippen LogP contribution in [-0.2, 0) is 11.2 Å². The molecule has 2 aromatic heterocycles. The summed E-state index contributed by atoms with van der Waals surface area (Å²) in [5, 5.41) is 3.02. The number of nitrogens with one attached hydrogen (secondary N) is 1. The fourth-order valence-electron chi connectivity index (χ4n) is 3.44. The van der Waals surface area contributed by atoms with Crippen molar-refractivity contribution in [2.75, 3.05) is 0 Å². The normalized spacial score (nSPS) is 12.7. The third kappa shape index (κ3) is 5.59. The van der Waals surface area contributed by atoms with Crippen molar-refractivity contribution in [2.45, 2.75) is 65.5 Å². The minimum absolute atomic E-state index is 0.0542. The third-order valence-corrected chi connectivity index (χ3v) is 4.77. The summed E-state index contributed by atoms with van der Waals surface area (Å²) in [5.41, 5.74) is 4.88. The molecule has 3 rings (SSSR count). The fourth-order valence-corrected chi connectivity index (χ4v) is 3.44. The summed E-state index contributed by atoms with van der Waals surface area (Å²) in [7, 11) is 0. The lowest BCUT2D eigenvalue weighted by atomic mass is 10.0. The van der Waals surface area contributed by atoms with Gasteiger partial charge in [-0.05, 0) is 57.7 Å². The van der Waals surface area contributed by atoms with Crippen LogP contribution in [0.5, 0.6) is 0 Å². The molecule has 1 N–H and O–H groups in total. The number of hydrogen-bond acceptors (Lipinski definition) is 3. The molecule has 154 valence electrons. The molecule has 0 saturated heterocycles. The molecule has 0 aliphatic rings. The zero-order chi connectivity index (χ0) is 21.0. The number of fused-ring (bicyclic) bond motifs is 1. The Hall–Kier alpha value is -2.82. The molecule has 5 nitrogen and oxygen atoms in total. The number of hydrogen-bond donors (Lipinski definition) is 1. The van der Waals surface area contributed by atoms with Gasteiger partial charge in [-0.25, -0.2) is 9.78 Å². The molecule has 0 saturated carbocycles. The summed E-state index contributed by atoms with van der Waals surface area (Å²) in [5.74, 6) is 0. The molecule has 0 radical (unpaired) electrons. The highest BCUT2D eigenvalue weighted by molar-refractivity contribution is 5.68. The SMILES string of the molecule is CCC[C@H](Cc1ccc(-c2cn3cccc(C)c3n2)cc1)NC(=O)OC(C)(C)C. The Morgan fingerprint density at radius 1 is 1.21 bits per heavy atom. The molecule has 0 aliphatic carbocycles. The number of aromatic nitrogens is 2. The first-order valence-electron chi connectivity index (χ1n) is 10.3.